The number of rotatable bonds is 8. The number of aromatic nitrogens is 1. The second kappa shape index (κ2) is 10.8. The van der Waals surface area contributed by atoms with Crippen molar-refractivity contribution in [2.75, 3.05) is 11.9 Å². The molecule has 37 heavy (non-hydrogen) atoms. The highest BCUT2D eigenvalue weighted by molar-refractivity contribution is 8.18. The predicted molar refractivity (Wildman–Crippen MR) is 144 cm³/mol. The fourth-order valence-electron chi connectivity index (χ4n) is 4.33. The molecule has 1 fully saturated rings. The van der Waals surface area contributed by atoms with Gasteiger partial charge in [0.05, 0.1) is 4.91 Å². The Kier molecular flexibility index (Phi) is 7.18. The minimum absolute atomic E-state index is 0.0344. The van der Waals surface area contributed by atoms with Gasteiger partial charge in [0.25, 0.3) is 11.1 Å². The van der Waals surface area contributed by atoms with Crippen LogP contribution < -0.4 is 5.32 Å². The van der Waals surface area contributed by atoms with Crippen molar-refractivity contribution in [2.45, 2.75) is 19.4 Å². The van der Waals surface area contributed by atoms with Gasteiger partial charge in [0.2, 0.25) is 5.91 Å². The third-order valence-corrected chi connectivity index (χ3v) is 7.02. The average Bonchev–Trinajstić information content (AvgIpc) is 3.37. The molecule has 5 rings (SSSR count). The molecule has 6 nitrogen and oxygen atoms in total. The van der Waals surface area contributed by atoms with Gasteiger partial charge >= 0.3 is 0 Å². The molecule has 1 aliphatic heterocycles. The molecule has 1 saturated heterocycles. The summed E-state index contributed by atoms with van der Waals surface area (Å²) in [6.45, 7) is 0.398. The number of anilines is 1. The summed E-state index contributed by atoms with van der Waals surface area (Å²) < 4.78 is 14.9. The predicted octanol–water partition coefficient (Wildman–Crippen LogP) is 6.09. The van der Waals surface area contributed by atoms with E-state index >= 15 is 0 Å². The van der Waals surface area contributed by atoms with Crippen molar-refractivity contribution in [3.8, 4) is 0 Å². The highest BCUT2D eigenvalue weighted by Crippen LogP contribution is 2.34. The number of amides is 3. The van der Waals surface area contributed by atoms with Crippen LogP contribution in [0.25, 0.3) is 17.0 Å². The molecule has 1 aliphatic rings. The number of hydrogen-bond donors (Lipinski definition) is 1. The Balaban J connectivity index is 1.31. The topological polar surface area (TPSA) is 71.4 Å². The van der Waals surface area contributed by atoms with Gasteiger partial charge in [-0.05, 0) is 66.6 Å². The van der Waals surface area contributed by atoms with Gasteiger partial charge in [-0.3, -0.25) is 19.3 Å². The largest absolute Gasteiger partial charge is 0.337 e. The molecule has 3 amide bonds. The average molecular weight is 514 g/mol. The second-order valence-corrected chi connectivity index (χ2v) is 9.70. The number of imide groups is 1. The summed E-state index contributed by atoms with van der Waals surface area (Å²) in [4.78, 5) is 39.9. The summed E-state index contributed by atoms with van der Waals surface area (Å²) in [6.07, 6.45) is 5.00. The number of hydrogen-bond acceptors (Lipinski definition) is 4. The number of nitrogens with zero attached hydrogens (tertiary/aromatic N) is 2. The summed E-state index contributed by atoms with van der Waals surface area (Å²) in [5.41, 5.74) is 3.25. The van der Waals surface area contributed by atoms with Gasteiger partial charge in [0.15, 0.2) is 0 Å². The van der Waals surface area contributed by atoms with Gasteiger partial charge in [-0.15, -0.1) is 0 Å². The maximum atomic E-state index is 13.2. The minimum Gasteiger partial charge on any atom is -0.337 e. The van der Waals surface area contributed by atoms with Crippen LogP contribution in [-0.2, 0) is 22.6 Å². The highest BCUT2D eigenvalue weighted by atomic mass is 32.2. The molecule has 1 aromatic heterocycles. The van der Waals surface area contributed by atoms with Crippen LogP contribution in [0.1, 0.15) is 17.5 Å². The lowest BCUT2D eigenvalue weighted by atomic mass is 10.1. The van der Waals surface area contributed by atoms with Crippen LogP contribution in [0, 0.1) is 5.82 Å². The molecule has 0 atom stereocenters. The van der Waals surface area contributed by atoms with Crippen molar-refractivity contribution in [3.63, 3.8) is 0 Å². The molecular weight excluding hydrogens is 489 g/mol. The van der Waals surface area contributed by atoms with E-state index in [4.69, 9.17) is 0 Å². The number of halogens is 1. The number of aryl methyl sites for hydroxylation is 1. The molecule has 3 aromatic carbocycles. The third-order valence-electron chi connectivity index (χ3n) is 6.11. The summed E-state index contributed by atoms with van der Waals surface area (Å²) in [5, 5.41) is 3.36. The van der Waals surface area contributed by atoms with E-state index < -0.39 is 0 Å². The van der Waals surface area contributed by atoms with Gasteiger partial charge in [-0.1, -0.05) is 48.5 Å². The van der Waals surface area contributed by atoms with Crippen LogP contribution in [0.2, 0.25) is 0 Å². The number of benzene rings is 3. The highest BCUT2D eigenvalue weighted by Gasteiger charge is 2.34. The van der Waals surface area contributed by atoms with Crippen LogP contribution in [0.4, 0.5) is 14.9 Å². The Hall–Kier alpha value is -4.17. The van der Waals surface area contributed by atoms with Crippen LogP contribution in [0.3, 0.4) is 0 Å². The molecule has 0 radical (unpaired) electrons. The first-order chi connectivity index (χ1) is 18.0. The number of carbonyl (C=O) groups excluding carboxylic acids is 3. The summed E-state index contributed by atoms with van der Waals surface area (Å²) >= 11 is 0.937. The molecule has 1 N–H and O–H groups in total. The SMILES string of the molecule is O=C(Cn1cc(/C=C2/SC(=O)N(CCCc3ccccc3)C2=O)c2ccccc21)Nc1ccc(F)cc1. The third kappa shape index (κ3) is 5.65. The quantitative estimate of drug-likeness (QED) is 0.290. The lowest BCUT2D eigenvalue weighted by Crippen LogP contribution is -2.29. The zero-order valence-corrected chi connectivity index (χ0v) is 20.7. The first kappa shape index (κ1) is 24.5. The van der Waals surface area contributed by atoms with Gasteiger partial charge < -0.3 is 9.88 Å². The first-order valence-corrected chi connectivity index (χ1v) is 12.7. The first-order valence-electron chi connectivity index (χ1n) is 11.9. The van der Waals surface area contributed by atoms with Crippen LogP contribution in [0.15, 0.2) is 90.0 Å². The van der Waals surface area contributed by atoms with Gasteiger partial charge in [0.1, 0.15) is 12.4 Å². The molecule has 8 heteroatoms. The summed E-state index contributed by atoms with van der Waals surface area (Å²) in [7, 11) is 0. The molecule has 186 valence electrons. The molecule has 0 saturated carbocycles. The van der Waals surface area contributed by atoms with E-state index in [9.17, 15) is 18.8 Å². The zero-order chi connectivity index (χ0) is 25.8. The van der Waals surface area contributed by atoms with Crippen LogP contribution in [-0.4, -0.2) is 33.1 Å². The molecule has 0 bridgehead atoms. The number of thioether (sulfide) groups is 1. The number of nitrogens with one attached hydrogen (secondary N) is 1. The van der Waals surface area contributed by atoms with Crippen LogP contribution in [0.5, 0.6) is 0 Å². The monoisotopic (exact) mass is 513 g/mol. The lowest BCUT2D eigenvalue weighted by molar-refractivity contribution is -0.122. The van der Waals surface area contributed by atoms with E-state index in [0.717, 1.165) is 34.6 Å². The standard InChI is InChI=1S/C29H24FN3O3S/c30-22-12-14-23(15-13-22)31-27(34)19-32-18-21(24-10-4-5-11-25(24)32)17-26-28(35)33(29(36)37-26)16-6-9-20-7-2-1-3-8-20/h1-5,7-8,10-15,17-18H,6,9,16,19H2,(H,31,34)/b26-17+. The number of fused-ring (bicyclic) bond motifs is 1. The summed E-state index contributed by atoms with van der Waals surface area (Å²) in [6, 6.07) is 23.1. The van der Waals surface area contributed by atoms with Gasteiger partial charge in [0, 0.05) is 34.9 Å². The molecular formula is C29H24FN3O3S. The van der Waals surface area contributed by atoms with Crippen molar-refractivity contribution in [1.82, 2.24) is 9.47 Å². The van der Waals surface area contributed by atoms with Crippen molar-refractivity contribution in [1.29, 1.82) is 0 Å². The van der Waals surface area contributed by atoms with E-state index in [-0.39, 0.29) is 29.4 Å². The zero-order valence-electron chi connectivity index (χ0n) is 19.9. The van der Waals surface area contributed by atoms with E-state index in [0.29, 0.717) is 23.6 Å². The van der Waals surface area contributed by atoms with Gasteiger partial charge in [-0.25, -0.2) is 4.39 Å². The maximum absolute atomic E-state index is 13.2. The van der Waals surface area contributed by atoms with E-state index in [1.807, 2.05) is 54.6 Å². The minimum atomic E-state index is -0.375. The fourth-order valence-corrected chi connectivity index (χ4v) is 5.19. The van der Waals surface area contributed by atoms with E-state index in [1.54, 1.807) is 16.8 Å². The lowest BCUT2D eigenvalue weighted by Gasteiger charge is -2.12. The Labute approximate surface area is 217 Å². The molecule has 0 aliphatic carbocycles. The number of carbonyl (C=O) groups is 3. The summed E-state index contributed by atoms with van der Waals surface area (Å²) in [5.74, 6) is -0.939. The Bertz CT molecular complexity index is 1500. The normalized spacial score (nSPS) is 14.6. The van der Waals surface area contributed by atoms with Crippen molar-refractivity contribution >= 4 is 51.5 Å². The second-order valence-electron chi connectivity index (χ2n) is 8.71. The van der Waals surface area contributed by atoms with Crippen LogP contribution >= 0.6 is 11.8 Å². The van der Waals surface area contributed by atoms with E-state index in [2.05, 4.69) is 5.32 Å². The maximum Gasteiger partial charge on any atom is 0.293 e. The smallest absolute Gasteiger partial charge is 0.293 e. The molecule has 0 unspecified atom stereocenters. The molecule has 4 aromatic rings. The van der Waals surface area contributed by atoms with Crippen molar-refractivity contribution < 1.29 is 18.8 Å². The number of para-hydroxylation sites is 1. The Morgan fingerprint density at radius 1 is 0.946 bits per heavy atom. The molecule has 0 spiro atoms. The Morgan fingerprint density at radius 3 is 2.46 bits per heavy atom. The van der Waals surface area contributed by atoms with Crippen molar-refractivity contribution in [3.05, 3.63) is 107 Å². The Morgan fingerprint density at radius 2 is 1.68 bits per heavy atom. The van der Waals surface area contributed by atoms with Gasteiger partial charge in [-0.2, -0.15) is 0 Å². The van der Waals surface area contributed by atoms with Crippen molar-refractivity contribution in [2.24, 2.45) is 0 Å². The van der Waals surface area contributed by atoms with E-state index in [1.165, 1.54) is 34.7 Å². The molecule has 2 heterocycles. The fraction of sp³-hybridized carbons (Fsp3) is 0.138.